The van der Waals surface area contributed by atoms with Gasteiger partial charge in [0.25, 0.3) is 0 Å². The molecule has 13 aromatic rings. The lowest BCUT2D eigenvalue weighted by atomic mass is 9.99. The normalized spacial score (nSPS) is 12.1. The van der Waals surface area contributed by atoms with Crippen LogP contribution >= 0.6 is 0 Å². The third kappa shape index (κ3) is 4.45. The second-order valence-electron chi connectivity index (χ2n) is 15.3. The Morgan fingerprint density at radius 2 is 0.621 bits per heavy atom. The van der Waals surface area contributed by atoms with E-state index >= 15 is 0 Å². The highest BCUT2D eigenvalue weighted by atomic mass is 16.4. The number of hydrogen-bond donors (Lipinski definition) is 0. The fraction of sp³-hybridized carbons (Fsp3) is 0. The molecule has 0 aliphatic heterocycles. The van der Waals surface area contributed by atoms with Gasteiger partial charge in [-0.2, -0.15) is 0 Å². The summed E-state index contributed by atoms with van der Waals surface area (Å²) < 4.78 is 17.9. The topological polar surface area (TPSA) is 36.1 Å². The molecule has 0 bridgehead atoms. The number of para-hydroxylation sites is 4. The van der Waals surface area contributed by atoms with Crippen molar-refractivity contribution >= 4 is 87.5 Å². The van der Waals surface area contributed by atoms with Crippen LogP contribution in [0.15, 0.2) is 203 Å². The molecule has 0 radical (unpaired) electrons. The molecule has 0 saturated heterocycles. The molecule has 0 amide bonds. The van der Waals surface area contributed by atoms with E-state index in [1.165, 1.54) is 54.7 Å². The van der Waals surface area contributed by atoms with E-state index in [0.717, 1.165) is 66.4 Å². The molecule has 270 valence electrons. The number of rotatable bonds is 4. The zero-order valence-corrected chi connectivity index (χ0v) is 31.2. The van der Waals surface area contributed by atoms with E-state index in [2.05, 4.69) is 203 Å². The smallest absolute Gasteiger partial charge is 0.178 e. The van der Waals surface area contributed by atoms with Crippen LogP contribution in [0.1, 0.15) is 0 Å². The monoisotopic (exact) mass is 740 g/mol. The fourth-order valence-electron chi connectivity index (χ4n) is 9.44. The fourth-order valence-corrected chi connectivity index (χ4v) is 9.44. The van der Waals surface area contributed by atoms with Gasteiger partial charge in [-0.3, -0.25) is 0 Å². The van der Waals surface area contributed by atoms with Gasteiger partial charge in [-0.15, -0.1) is 0 Å². The number of aromatic nitrogens is 2. The van der Waals surface area contributed by atoms with Crippen molar-refractivity contribution in [3.63, 3.8) is 0 Å². The van der Waals surface area contributed by atoms with E-state index in [4.69, 9.17) is 8.83 Å². The summed E-state index contributed by atoms with van der Waals surface area (Å²) in [4.78, 5) is 0. The van der Waals surface area contributed by atoms with E-state index in [1.54, 1.807) is 0 Å². The maximum absolute atomic E-state index is 6.61. The summed E-state index contributed by atoms with van der Waals surface area (Å²) in [5, 5.41) is 9.19. The van der Waals surface area contributed by atoms with Crippen molar-refractivity contribution < 1.29 is 8.83 Å². The molecule has 0 spiro atoms. The molecule has 0 unspecified atom stereocenters. The summed E-state index contributed by atoms with van der Waals surface area (Å²) in [6.07, 6.45) is 0. The van der Waals surface area contributed by atoms with Crippen LogP contribution in [-0.4, -0.2) is 9.13 Å². The zero-order chi connectivity index (χ0) is 37.9. The van der Waals surface area contributed by atoms with E-state index in [1.807, 2.05) is 0 Å². The summed E-state index contributed by atoms with van der Waals surface area (Å²) in [6.45, 7) is 0. The van der Waals surface area contributed by atoms with Gasteiger partial charge in [-0.25, -0.2) is 0 Å². The first kappa shape index (κ1) is 31.4. The second kappa shape index (κ2) is 11.8. The Balaban J connectivity index is 0.919. The largest absolute Gasteiger partial charge is 0.452 e. The van der Waals surface area contributed by atoms with Crippen molar-refractivity contribution in [3.05, 3.63) is 194 Å². The Morgan fingerprint density at radius 1 is 0.259 bits per heavy atom. The van der Waals surface area contributed by atoms with Gasteiger partial charge in [0.15, 0.2) is 11.2 Å². The van der Waals surface area contributed by atoms with Crippen molar-refractivity contribution in [3.8, 4) is 33.6 Å². The van der Waals surface area contributed by atoms with Crippen LogP contribution in [0, 0.1) is 0 Å². The quantitative estimate of drug-likeness (QED) is 0.180. The first-order valence-corrected chi connectivity index (χ1v) is 19.7. The number of furan rings is 2. The van der Waals surface area contributed by atoms with Crippen LogP contribution in [-0.2, 0) is 0 Å². The van der Waals surface area contributed by atoms with Crippen LogP contribution in [0.4, 0.5) is 0 Å². The van der Waals surface area contributed by atoms with Crippen LogP contribution in [0.2, 0.25) is 0 Å². The molecule has 9 aromatic carbocycles. The van der Waals surface area contributed by atoms with Gasteiger partial charge in [-0.1, -0.05) is 97.1 Å². The number of fused-ring (bicyclic) bond motifs is 13. The van der Waals surface area contributed by atoms with Gasteiger partial charge in [0.1, 0.15) is 11.2 Å². The Hall–Kier alpha value is -7.82. The van der Waals surface area contributed by atoms with Crippen molar-refractivity contribution in [2.75, 3.05) is 0 Å². The first-order chi connectivity index (χ1) is 28.7. The molecule has 13 rings (SSSR count). The minimum atomic E-state index is 0.777. The van der Waals surface area contributed by atoms with E-state index in [0.29, 0.717) is 0 Å². The van der Waals surface area contributed by atoms with Crippen LogP contribution in [0.3, 0.4) is 0 Å². The maximum Gasteiger partial charge on any atom is 0.178 e. The molecule has 0 aliphatic carbocycles. The molecule has 0 saturated carbocycles. The Kier molecular flexibility index (Phi) is 6.41. The highest BCUT2D eigenvalue weighted by Gasteiger charge is 2.19. The molecule has 0 aliphatic rings. The average molecular weight is 741 g/mol. The summed E-state index contributed by atoms with van der Waals surface area (Å²) in [6, 6.07) is 69.6. The van der Waals surface area contributed by atoms with Crippen molar-refractivity contribution in [1.82, 2.24) is 9.13 Å². The van der Waals surface area contributed by atoms with Gasteiger partial charge in [0.05, 0.1) is 22.1 Å². The van der Waals surface area contributed by atoms with Crippen molar-refractivity contribution in [1.29, 1.82) is 0 Å². The molecular formula is C54H32N2O2. The van der Waals surface area contributed by atoms with Gasteiger partial charge in [0.2, 0.25) is 0 Å². The minimum Gasteiger partial charge on any atom is -0.452 e. The minimum absolute atomic E-state index is 0.777. The van der Waals surface area contributed by atoms with Gasteiger partial charge in [0, 0.05) is 54.5 Å². The Bertz CT molecular complexity index is 3540. The first-order valence-electron chi connectivity index (χ1n) is 19.7. The van der Waals surface area contributed by atoms with Gasteiger partial charge in [-0.05, 0) is 119 Å². The van der Waals surface area contributed by atoms with Crippen molar-refractivity contribution in [2.24, 2.45) is 0 Å². The lowest BCUT2D eigenvalue weighted by Gasteiger charge is -2.08. The molecule has 4 aromatic heterocycles. The Labute approximate surface area is 332 Å². The highest BCUT2D eigenvalue weighted by Crippen LogP contribution is 2.42. The summed E-state index contributed by atoms with van der Waals surface area (Å²) >= 11 is 0. The van der Waals surface area contributed by atoms with Gasteiger partial charge >= 0.3 is 0 Å². The maximum atomic E-state index is 6.61. The second-order valence-corrected chi connectivity index (χ2v) is 15.3. The summed E-state index contributed by atoms with van der Waals surface area (Å²) in [5.74, 6) is 0. The molecule has 4 heterocycles. The molecule has 0 fully saturated rings. The van der Waals surface area contributed by atoms with Crippen LogP contribution in [0.25, 0.3) is 121 Å². The third-order valence-corrected chi connectivity index (χ3v) is 12.1. The lowest BCUT2D eigenvalue weighted by molar-refractivity contribution is 0.633. The van der Waals surface area contributed by atoms with Crippen LogP contribution < -0.4 is 0 Å². The highest BCUT2D eigenvalue weighted by molar-refractivity contribution is 6.20. The molecular weight excluding hydrogens is 709 g/mol. The number of benzene rings is 9. The summed E-state index contributed by atoms with van der Waals surface area (Å²) in [5.41, 5.74) is 15.0. The lowest BCUT2D eigenvalue weighted by Crippen LogP contribution is -1.92. The van der Waals surface area contributed by atoms with Crippen LogP contribution in [0.5, 0.6) is 0 Å². The van der Waals surface area contributed by atoms with E-state index in [9.17, 15) is 0 Å². The van der Waals surface area contributed by atoms with Gasteiger partial charge < -0.3 is 18.0 Å². The van der Waals surface area contributed by atoms with Crippen molar-refractivity contribution in [2.45, 2.75) is 0 Å². The molecule has 0 N–H and O–H groups in total. The standard InChI is InChI=1S/C54H32N2O2/c1-3-11-37(12-4-1)55-47-17-9-7-15-39(47)43-29-33(19-25-49(43)55)35-21-27-51-45(31-35)41-23-24-42-46-32-36(22-28-52(46)58-54(42)53(41)57-51)34-20-26-50-44(30-34)40-16-8-10-18-48(40)56(50)38-13-5-2-6-14-38/h1-32H. The SMILES string of the molecule is c1ccc(-n2c3ccccc3c3cc(-c4ccc5oc6c(ccc7c8cc(-c9ccc%10c(c9)c9ccccc9n%10-c9ccccc9)ccc8oc76)c5c4)ccc32)cc1. The summed E-state index contributed by atoms with van der Waals surface area (Å²) in [7, 11) is 0. The molecule has 58 heavy (non-hydrogen) atoms. The average Bonchev–Trinajstić information content (AvgIpc) is 4.04. The molecule has 0 atom stereocenters. The predicted octanol–water partition coefficient (Wildman–Crippen LogP) is 15.0. The predicted molar refractivity (Wildman–Crippen MR) is 241 cm³/mol. The Morgan fingerprint density at radius 3 is 1.07 bits per heavy atom. The molecule has 4 nitrogen and oxygen atoms in total. The number of nitrogens with zero attached hydrogens (tertiary/aromatic N) is 2. The molecule has 4 heteroatoms. The zero-order valence-electron chi connectivity index (χ0n) is 31.2. The van der Waals surface area contributed by atoms with E-state index in [-0.39, 0.29) is 0 Å². The number of hydrogen-bond acceptors (Lipinski definition) is 2. The van der Waals surface area contributed by atoms with E-state index < -0.39 is 0 Å². The third-order valence-electron chi connectivity index (χ3n) is 12.1.